The number of hydrogen-bond donors (Lipinski definition) is 1. The van der Waals surface area contributed by atoms with Crippen LogP contribution < -0.4 is 0 Å². The van der Waals surface area contributed by atoms with Gasteiger partial charge < -0.3 is 9.84 Å². The summed E-state index contributed by atoms with van der Waals surface area (Å²) in [4.78, 5) is 0. The average Bonchev–Trinajstić information content (AvgIpc) is 2.95. The molecular formula is C11H14O2. The predicted octanol–water partition coefficient (Wildman–Crippen LogP) is 1.38. The molecule has 2 atom stereocenters. The number of aryl methyl sites for hydroxylation is 1. The van der Waals surface area contributed by atoms with E-state index >= 15 is 0 Å². The van der Waals surface area contributed by atoms with Crippen LogP contribution in [-0.4, -0.2) is 23.9 Å². The fraction of sp³-hybridized carbons (Fsp3) is 0.455. The minimum Gasteiger partial charge on any atom is -0.394 e. The van der Waals surface area contributed by atoms with Gasteiger partial charge in [0.25, 0.3) is 0 Å². The molecule has 13 heavy (non-hydrogen) atoms. The number of aliphatic hydroxyl groups excluding tert-OH is 1. The molecule has 0 aromatic heterocycles. The van der Waals surface area contributed by atoms with Crippen LogP contribution in [0.5, 0.6) is 0 Å². The van der Waals surface area contributed by atoms with E-state index in [9.17, 15) is 0 Å². The van der Waals surface area contributed by atoms with E-state index in [1.165, 1.54) is 5.56 Å². The zero-order chi connectivity index (χ0) is 9.10. The average molecular weight is 178 g/mol. The second-order valence-corrected chi connectivity index (χ2v) is 3.42. The van der Waals surface area contributed by atoms with Crippen molar-refractivity contribution < 1.29 is 9.84 Å². The topological polar surface area (TPSA) is 32.8 Å². The Morgan fingerprint density at radius 1 is 1.15 bits per heavy atom. The van der Waals surface area contributed by atoms with Gasteiger partial charge in [0.1, 0.15) is 6.10 Å². The van der Waals surface area contributed by atoms with Crippen LogP contribution in [0.1, 0.15) is 12.0 Å². The van der Waals surface area contributed by atoms with Gasteiger partial charge in [-0.1, -0.05) is 30.3 Å². The molecule has 0 amide bonds. The summed E-state index contributed by atoms with van der Waals surface area (Å²) in [6.07, 6.45) is 2.48. The maximum Gasteiger partial charge on any atom is 0.107 e. The molecule has 1 saturated heterocycles. The van der Waals surface area contributed by atoms with Crippen LogP contribution in [-0.2, 0) is 11.2 Å². The molecule has 0 saturated carbocycles. The molecule has 0 aliphatic carbocycles. The Labute approximate surface area is 78.2 Å². The van der Waals surface area contributed by atoms with Gasteiger partial charge in [0.05, 0.1) is 12.7 Å². The molecule has 1 heterocycles. The lowest BCUT2D eigenvalue weighted by atomic mass is 10.1. The molecule has 70 valence electrons. The Balaban J connectivity index is 1.75. The fourth-order valence-corrected chi connectivity index (χ4v) is 1.55. The van der Waals surface area contributed by atoms with Gasteiger partial charge in [-0.05, 0) is 18.4 Å². The van der Waals surface area contributed by atoms with Gasteiger partial charge in [-0.25, -0.2) is 0 Å². The highest BCUT2D eigenvalue weighted by Crippen LogP contribution is 2.25. The summed E-state index contributed by atoms with van der Waals surface area (Å²) in [5, 5.41) is 8.75. The van der Waals surface area contributed by atoms with Crippen molar-refractivity contribution in [3.05, 3.63) is 35.9 Å². The largest absolute Gasteiger partial charge is 0.394 e. The van der Waals surface area contributed by atoms with E-state index in [2.05, 4.69) is 12.1 Å². The second-order valence-electron chi connectivity index (χ2n) is 3.42. The molecule has 1 fully saturated rings. The van der Waals surface area contributed by atoms with Crippen LogP contribution >= 0.6 is 0 Å². The van der Waals surface area contributed by atoms with Gasteiger partial charge in [-0.3, -0.25) is 0 Å². The zero-order valence-electron chi connectivity index (χ0n) is 7.52. The van der Waals surface area contributed by atoms with Crippen LogP contribution in [0.2, 0.25) is 0 Å². The third-order valence-corrected chi connectivity index (χ3v) is 2.43. The van der Waals surface area contributed by atoms with Crippen molar-refractivity contribution in [3.8, 4) is 0 Å². The third kappa shape index (κ3) is 2.29. The van der Waals surface area contributed by atoms with Gasteiger partial charge in [-0.2, -0.15) is 0 Å². The lowest BCUT2D eigenvalue weighted by Gasteiger charge is -1.97. The van der Waals surface area contributed by atoms with E-state index in [1.54, 1.807) is 0 Å². The minimum absolute atomic E-state index is 0.115. The van der Waals surface area contributed by atoms with Crippen LogP contribution in [0.4, 0.5) is 0 Å². The van der Waals surface area contributed by atoms with Crippen LogP contribution in [0, 0.1) is 0 Å². The van der Waals surface area contributed by atoms with Gasteiger partial charge in [-0.15, -0.1) is 0 Å². The molecule has 1 aliphatic heterocycles. The quantitative estimate of drug-likeness (QED) is 0.706. The first kappa shape index (κ1) is 8.73. The molecule has 0 unspecified atom stereocenters. The molecule has 1 aromatic carbocycles. The fourth-order valence-electron chi connectivity index (χ4n) is 1.55. The summed E-state index contributed by atoms with van der Waals surface area (Å²) < 4.78 is 5.24. The Bertz CT molecular complexity index is 258. The molecule has 2 rings (SSSR count). The number of epoxide rings is 1. The highest BCUT2D eigenvalue weighted by atomic mass is 16.6. The van der Waals surface area contributed by atoms with Crippen molar-refractivity contribution in [2.45, 2.75) is 25.0 Å². The molecule has 1 aromatic rings. The molecule has 2 heteroatoms. The van der Waals surface area contributed by atoms with Crippen molar-refractivity contribution in [3.63, 3.8) is 0 Å². The summed E-state index contributed by atoms with van der Waals surface area (Å²) in [6, 6.07) is 10.4. The van der Waals surface area contributed by atoms with E-state index in [-0.39, 0.29) is 12.7 Å². The summed E-state index contributed by atoms with van der Waals surface area (Å²) in [5.74, 6) is 0. The SMILES string of the molecule is OC[C@@H]1O[C@H]1CCc1ccccc1. The molecule has 1 N–H and O–H groups in total. The number of ether oxygens (including phenoxy) is 1. The van der Waals surface area contributed by atoms with Crippen LogP contribution in [0.3, 0.4) is 0 Å². The van der Waals surface area contributed by atoms with E-state index in [1.807, 2.05) is 18.2 Å². The van der Waals surface area contributed by atoms with Crippen molar-refractivity contribution in [1.29, 1.82) is 0 Å². The van der Waals surface area contributed by atoms with Crippen molar-refractivity contribution in [2.75, 3.05) is 6.61 Å². The first-order valence-electron chi connectivity index (χ1n) is 4.70. The Kier molecular flexibility index (Phi) is 2.62. The monoisotopic (exact) mass is 178 g/mol. The van der Waals surface area contributed by atoms with Gasteiger partial charge >= 0.3 is 0 Å². The smallest absolute Gasteiger partial charge is 0.107 e. The maximum absolute atomic E-state index is 8.75. The van der Waals surface area contributed by atoms with Crippen molar-refractivity contribution in [1.82, 2.24) is 0 Å². The van der Waals surface area contributed by atoms with E-state index in [0.29, 0.717) is 6.10 Å². The zero-order valence-corrected chi connectivity index (χ0v) is 7.52. The highest BCUT2D eigenvalue weighted by Gasteiger charge is 2.37. The highest BCUT2D eigenvalue weighted by molar-refractivity contribution is 5.15. The lowest BCUT2D eigenvalue weighted by molar-refractivity contribution is 0.241. The van der Waals surface area contributed by atoms with Crippen LogP contribution in [0.15, 0.2) is 30.3 Å². The third-order valence-electron chi connectivity index (χ3n) is 2.43. The summed E-state index contributed by atoms with van der Waals surface area (Å²) in [5.41, 5.74) is 1.34. The van der Waals surface area contributed by atoms with Crippen LogP contribution in [0.25, 0.3) is 0 Å². The second kappa shape index (κ2) is 3.90. The van der Waals surface area contributed by atoms with Gasteiger partial charge in [0, 0.05) is 0 Å². The van der Waals surface area contributed by atoms with Gasteiger partial charge in [0.15, 0.2) is 0 Å². The Morgan fingerprint density at radius 3 is 2.54 bits per heavy atom. The molecule has 1 aliphatic rings. The van der Waals surface area contributed by atoms with Crippen molar-refractivity contribution in [2.24, 2.45) is 0 Å². The molecular weight excluding hydrogens is 164 g/mol. The number of benzene rings is 1. The summed E-state index contributed by atoms with van der Waals surface area (Å²) >= 11 is 0. The number of hydrogen-bond acceptors (Lipinski definition) is 2. The van der Waals surface area contributed by atoms with E-state index in [4.69, 9.17) is 9.84 Å². The first-order valence-corrected chi connectivity index (χ1v) is 4.70. The molecule has 0 radical (unpaired) electrons. The normalized spacial score (nSPS) is 25.9. The standard InChI is InChI=1S/C11H14O2/c12-8-11-10(13-11)7-6-9-4-2-1-3-5-9/h1-5,10-12H,6-8H2/t10-,11-/m0/s1. The van der Waals surface area contributed by atoms with E-state index < -0.39 is 0 Å². The molecule has 2 nitrogen and oxygen atoms in total. The lowest BCUT2D eigenvalue weighted by Crippen LogP contribution is -2.00. The summed E-state index contributed by atoms with van der Waals surface area (Å²) in [7, 11) is 0. The first-order chi connectivity index (χ1) is 6.40. The Hall–Kier alpha value is -0.860. The van der Waals surface area contributed by atoms with E-state index in [0.717, 1.165) is 12.8 Å². The predicted molar refractivity (Wildman–Crippen MR) is 50.5 cm³/mol. The van der Waals surface area contributed by atoms with Gasteiger partial charge in [0.2, 0.25) is 0 Å². The Morgan fingerprint density at radius 2 is 1.92 bits per heavy atom. The molecule has 0 spiro atoms. The maximum atomic E-state index is 8.75. The molecule has 0 bridgehead atoms. The number of aliphatic hydroxyl groups is 1. The number of rotatable bonds is 4. The minimum atomic E-state index is 0.115. The summed E-state index contributed by atoms with van der Waals surface area (Å²) in [6.45, 7) is 0.166. The van der Waals surface area contributed by atoms with Crippen molar-refractivity contribution >= 4 is 0 Å².